The molecule has 0 aromatic carbocycles. The van der Waals surface area contributed by atoms with E-state index in [-0.39, 0.29) is 11.9 Å². The molecule has 1 aliphatic heterocycles. The molecule has 0 radical (unpaired) electrons. The molecular weight excluding hydrogens is 675 g/mol. The fourth-order valence-corrected chi connectivity index (χ4v) is 8.68. The lowest BCUT2D eigenvalue weighted by Gasteiger charge is -2.26. The topological polar surface area (TPSA) is 71.1 Å². The molecule has 1 fully saturated rings. The van der Waals surface area contributed by atoms with Crippen LogP contribution in [-0.2, 0) is 19.1 Å². The van der Waals surface area contributed by atoms with Crippen molar-refractivity contribution in [3.63, 3.8) is 0 Å². The minimum absolute atomic E-state index is 0.115. The molecule has 0 atom stereocenters. The molecule has 302 valence electrons. The Kier molecular flexibility index (Phi) is 37.3. The van der Waals surface area contributed by atoms with Crippen LogP contribution < -0.4 is 5.32 Å². The number of unbranched alkanes of at least 4 members (excludes halogenated alkanes) is 22. The normalized spacial score (nSPS) is 13.6. The number of esters is 2. The van der Waals surface area contributed by atoms with E-state index in [9.17, 15) is 9.59 Å². The van der Waals surface area contributed by atoms with Crippen LogP contribution in [0.15, 0.2) is 0 Å². The van der Waals surface area contributed by atoms with Crippen LogP contribution >= 0.6 is 21.6 Å². The number of carbonyl (C=O) groups excluding carboxylic acids is 2. The van der Waals surface area contributed by atoms with Gasteiger partial charge < -0.3 is 19.7 Å². The van der Waals surface area contributed by atoms with E-state index in [1.165, 1.54) is 128 Å². The number of rotatable bonds is 39. The third kappa shape index (κ3) is 35.0. The van der Waals surface area contributed by atoms with Crippen LogP contribution in [0.3, 0.4) is 0 Å². The summed E-state index contributed by atoms with van der Waals surface area (Å²) in [4.78, 5) is 29.9. The molecular formula is C42H83N3O4S2. The number of carbonyl (C=O) groups is 2. The van der Waals surface area contributed by atoms with Gasteiger partial charge in [-0.1, -0.05) is 177 Å². The van der Waals surface area contributed by atoms with E-state index >= 15 is 0 Å². The van der Waals surface area contributed by atoms with Crippen LogP contribution in [-0.4, -0.2) is 98.8 Å². The van der Waals surface area contributed by atoms with Crippen molar-refractivity contribution in [1.82, 2.24) is 15.1 Å². The monoisotopic (exact) mass is 758 g/mol. The molecule has 1 heterocycles. The van der Waals surface area contributed by atoms with Gasteiger partial charge in [-0.2, -0.15) is 0 Å². The highest BCUT2D eigenvalue weighted by Crippen LogP contribution is 2.21. The molecule has 9 heteroatoms. The van der Waals surface area contributed by atoms with Gasteiger partial charge in [-0.05, 0) is 12.8 Å². The maximum absolute atomic E-state index is 12.5. The maximum atomic E-state index is 12.5. The Hall–Kier alpha value is -0.480. The number of hydrogen-bond acceptors (Lipinski definition) is 9. The van der Waals surface area contributed by atoms with Crippen molar-refractivity contribution in [2.45, 2.75) is 181 Å². The van der Waals surface area contributed by atoms with Crippen LogP contribution in [0.4, 0.5) is 0 Å². The SMILES string of the molecule is CCCCCCCCCCCCCCOC(=O)CCN(CCSSCCN1CCNCC1)CCC(=O)OCCCCCCCCCCCCCC. The predicted molar refractivity (Wildman–Crippen MR) is 224 cm³/mol. The third-order valence-electron chi connectivity index (χ3n) is 10.1. The number of piperazine rings is 1. The first-order chi connectivity index (χ1) is 25.2. The van der Waals surface area contributed by atoms with Crippen molar-refractivity contribution in [2.24, 2.45) is 0 Å². The molecule has 0 aromatic heterocycles. The quantitative estimate of drug-likeness (QED) is 0.0375. The van der Waals surface area contributed by atoms with Crippen LogP contribution in [0, 0.1) is 0 Å². The highest BCUT2D eigenvalue weighted by Gasteiger charge is 2.13. The highest BCUT2D eigenvalue weighted by atomic mass is 33.1. The second-order valence-corrected chi connectivity index (χ2v) is 17.5. The van der Waals surface area contributed by atoms with Gasteiger partial charge >= 0.3 is 11.9 Å². The number of nitrogens with one attached hydrogen (secondary N) is 1. The Morgan fingerprint density at radius 2 is 0.902 bits per heavy atom. The smallest absolute Gasteiger partial charge is 0.307 e. The lowest BCUT2D eigenvalue weighted by molar-refractivity contribution is -0.144. The Bertz CT molecular complexity index is 712. The van der Waals surface area contributed by atoms with Gasteiger partial charge in [0, 0.05) is 63.9 Å². The molecule has 1 saturated heterocycles. The summed E-state index contributed by atoms with van der Waals surface area (Å²) in [5.41, 5.74) is 0. The summed E-state index contributed by atoms with van der Waals surface area (Å²) in [7, 11) is 3.84. The predicted octanol–water partition coefficient (Wildman–Crippen LogP) is 10.8. The summed E-state index contributed by atoms with van der Waals surface area (Å²) in [6, 6.07) is 0. The summed E-state index contributed by atoms with van der Waals surface area (Å²) < 4.78 is 11.2. The Labute approximate surface area is 324 Å². The van der Waals surface area contributed by atoms with Gasteiger partial charge in [0.2, 0.25) is 0 Å². The third-order valence-corrected chi connectivity index (χ3v) is 12.4. The number of hydrogen-bond donors (Lipinski definition) is 1. The van der Waals surface area contributed by atoms with E-state index < -0.39 is 0 Å². The second kappa shape index (κ2) is 39.2. The zero-order valence-corrected chi connectivity index (χ0v) is 35.3. The maximum Gasteiger partial charge on any atom is 0.307 e. The molecule has 0 aromatic rings. The summed E-state index contributed by atoms with van der Waals surface area (Å²) in [5.74, 6) is 1.88. The standard InChI is InChI=1S/C42H83N3O4S2/c1-3-5-7-9-11-13-15-17-19-21-23-25-37-48-41(46)27-31-44(35-39-50-51-40-36-45-33-29-43-30-34-45)32-28-42(47)49-38-26-24-22-20-18-16-14-12-10-8-6-4-2/h43H,3-40H2,1-2H3. The molecule has 7 nitrogen and oxygen atoms in total. The van der Waals surface area contributed by atoms with Gasteiger partial charge in [0.05, 0.1) is 26.1 Å². The second-order valence-electron chi connectivity index (χ2n) is 14.8. The highest BCUT2D eigenvalue weighted by molar-refractivity contribution is 8.76. The van der Waals surface area contributed by atoms with Crippen molar-refractivity contribution in [2.75, 3.05) is 77.1 Å². The lowest BCUT2D eigenvalue weighted by atomic mass is 10.1. The Morgan fingerprint density at radius 3 is 1.31 bits per heavy atom. The van der Waals surface area contributed by atoms with Gasteiger partial charge in [-0.15, -0.1) is 0 Å². The molecule has 0 aliphatic carbocycles. The van der Waals surface area contributed by atoms with Gasteiger partial charge in [0.25, 0.3) is 0 Å². The van der Waals surface area contributed by atoms with Crippen molar-refractivity contribution < 1.29 is 19.1 Å². The van der Waals surface area contributed by atoms with E-state index in [1.54, 1.807) is 0 Å². The van der Waals surface area contributed by atoms with Gasteiger partial charge in [-0.25, -0.2) is 0 Å². The summed E-state index contributed by atoms with van der Waals surface area (Å²) in [6.45, 7) is 13.3. The first-order valence-corrected chi connectivity index (χ1v) is 24.4. The fourth-order valence-electron chi connectivity index (χ4n) is 6.62. The Balaban J connectivity index is 2.17. The van der Waals surface area contributed by atoms with Gasteiger partial charge in [0.1, 0.15) is 0 Å². The Morgan fingerprint density at radius 1 is 0.529 bits per heavy atom. The largest absolute Gasteiger partial charge is 0.466 e. The fraction of sp³-hybridized carbons (Fsp3) is 0.952. The van der Waals surface area contributed by atoms with Crippen molar-refractivity contribution in [1.29, 1.82) is 0 Å². The minimum Gasteiger partial charge on any atom is -0.466 e. The van der Waals surface area contributed by atoms with Gasteiger partial charge in [-0.3, -0.25) is 14.5 Å². The summed E-state index contributed by atoms with van der Waals surface area (Å²) in [6.07, 6.45) is 32.0. The summed E-state index contributed by atoms with van der Waals surface area (Å²) >= 11 is 0. The molecule has 51 heavy (non-hydrogen) atoms. The first-order valence-electron chi connectivity index (χ1n) is 21.9. The zero-order valence-electron chi connectivity index (χ0n) is 33.7. The van der Waals surface area contributed by atoms with Crippen LogP contribution in [0.2, 0.25) is 0 Å². The van der Waals surface area contributed by atoms with Crippen molar-refractivity contribution in [3.8, 4) is 0 Å². The van der Waals surface area contributed by atoms with Crippen LogP contribution in [0.25, 0.3) is 0 Å². The number of ether oxygens (including phenoxy) is 2. The molecule has 0 bridgehead atoms. The number of nitrogens with zero attached hydrogens (tertiary/aromatic N) is 2. The molecule has 1 aliphatic rings. The minimum atomic E-state index is -0.115. The van der Waals surface area contributed by atoms with Crippen molar-refractivity contribution in [3.05, 3.63) is 0 Å². The van der Waals surface area contributed by atoms with E-state index in [2.05, 4.69) is 29.0 Å². The molecule has 0 unspecified atom stereocenters. The van der Waals surface area contributed by atoms with E-state index in [0.717, 1.165) is 76.5 Å². The zero-order chi connectivity index (χ0) is 36.7. The lowest BCUT2D eigenvalue weighted by Crippen LogP contribution is -2.44. The molecule has 0 saturated carbocycles. The van der Waals surface area contributed by atoms with Crippen LogP contribution in [0.1, 0.15) is 181 Å². The molecule has 0 amide bonds. The average Bonchev–Trinajstić information content (AvgIpc) is 3.14. The molecule has 0 spiro atoms. The average molecular weight is 758 g/mol. The van der Waals surface area contributed by atoms with Crippen molar-refractivity contribution >= 4 is 33.5 Å². The molecule has 1 rings (SSSR count). The van der Waals surface area contributed by atoms with Crippen LogP contribution in [0.5, 0.6) is 0 Å². The van der Waals surface area contributed by atoms with E-state index in [4.69, 9.17) is 9.47 Å². The van der Waals surface area contributed by atoms with E-state index in [0.29, 0.717) is 39.1 Å². The summed E-state index contributed by atoms with van der Waals surface area (Å²) in [5, 5.41) is 3.42. The molecule has 1 N–H and O–H groups in total. The van der Waals surface area contributed by atoms with E-state index in [1.807, 2.05) is 21.6 Å². The first kappa shape index (κ1) is 48.5. The van der Waals surface area contributed by atoms with Gasteiger partial charge in [0.15, 0.2) is 0 Å².